The average Bonchev–Trinajstić information content (AvgIpc) is 3.03. The van der Waals surface area contributed by atoms with Crippen molar-refractivity contribution in [2.75, 3.05) is 51.3 Å². The van der Waals surface area contributed by atoms with Crippen molar-refractivity contribution in [3.8, 4) is 5.75 Å². The van der Waals surface area contributed by atoms with Crippen molar-refractivity contribution in [3.63, 3.8) is 0 Å². The Labute approximate surface area is 287 Å². The summed E-state index contributed by atoms with van der Waals surface area (Å²) < 4.78 is 6.23. The summed E-state index contributed by atoms with van der Waals surface area (Å²) in [6.07, 6.45) is 5.99. The average molecular weight is 688 g/mol. The van der Waals surface area contributed by atoms with E-state index in [1.165, 1.54) is 5.56 Å². The Balaban J connectivity index is 0.00000600. The van der Waals surface area contributed by atoms with Crippen LogP contribution in [0.5, 0.6) is 5.75 Å². The van der Waals surface area contributed by atoms with Crippen LogP contribution in [0, 0.1) is 5.92 Å². The molecule has 11 nitrogen and oxygen atoms in total. The number of methoxy groups -OCH3 is 1. The number of ether oxygens (including phenoxy) is 1. The summed E-state index contributed by atoms with van der Waals surface area (Å²) >= 11 is 6.05. The number of nitrogens with zero attached hydrogens (tertiary/aromatic N) is 3. The molecule has 47 heavy (non-hydrogen) atoms. The number of ketones is 1. The van der Waals surface area contributed by atoms with Crippen LogP contribution in [0.1, 0.15) is 70.5 Å². The number of carbonyl (C=O) groups is 3. The van der Waals surface area contributed by atoms with Crippen molar-refractivity contribution in [2.45, 2.75) is 51.4 Å². The van der Waals surface area contributed by atoms with E-state index in [1.807, 2.05) is 24.3 Å². The molecule has 1 aliphatic heterocycles. The lowest BCUT2D eigenvalue weighted by atomic mass is 9.89. The largest absolute Gasteiger partial charge is 1.00 e. The molecular formula is C34H44Cl2N6O5. The van der Waals surface area contributed by atoms with E-state index in [2.05, 4.69) is 27.4 Å². The predicted octanol–water partition coefficient (Wildman–Crippen LogP) is 1.58. The Morgan fingerprint density at radius 1 is 0.979 bits per heavy atom. The van der Waals surface area contributed by atoms with Crippen LogP contribution in [0.25, 0.3) is 0 Å². The van der Waals surface area contributed by atoms with E-state index in [9.17, 15) is 14.4 Å². The smallest absolute Gasteiger partial charge is 0.305 e. The number of amides is 1. The van der Waals surface area contributed by atoms with Gasteiger partial charge in [-0.05, 0) is 61.1 Å². The van der Waals surface area contributed by atoms with Gasteiger partial charge in [-0.15, -0.1) is 0 Å². The lowest BCUT2D eigenvalue weighted by Gasteiger charge is -2.45. The molecule has 4 rings (SSSR count). The fourth-order valence-corrected chi connectivity index (χ4v) is 6.50. The van der Waals surface area contributed by atoms with Crippen LogP contribution in [-0.2, 0) is 17.6 Å². The van der Waals surface area contributed by atoms with Gasteiger partial charge in [-0.3, -0.25) is 14.4 Å². The van der Waals surface area contributed by atoms with Crippen molar-refractivity contribution in [1.29, 1.82) is 0 Å². The summed E-state index contributed by atoms with van der Waals surface area (Å²) in [4.78, 5) is 44.4. The Kier molecular flexibility index (Phi) is 14.2. The number of nitrogens with one attached hydrogen (secondary N) is 1. The van der Waals surface area contributed by atoms with Gasteiger partial charge in [0, 0.05) is 37.3 Å². The Hall–Kier alpha value is -3.93. The number of aryl methyl sites for hydroxylation is 2. The van der Waals surface area contributed by atoms with E-state index in [1.54, 1.807) is 19.2 Å². The number of benzene rings is 2. The van der Waals surface area contributed by atoms with Crippen LogP contribution >= 0.6 is 11.6 Å². The molecule has 0 radical (unpaired) electrons. The summed E-state index contributed by atoms with van der Waals surface area (Å²) in [5, 5.41) is 11.4. The molecule has 1 amide bonds. The topological polar surface area (TPSA) is 171 Å². The number of anilines is 2. The first-order valence-electron chi connectivity index (χ1n) is 15.8. The zero-order valence-corrected chi connectivity index (χ0v) is 28.2. The molecular weight excluding hydrogens is 643 g/mol. The molecule has 1 fully saturated rings. The SMILES string of the molecule is COc1ccc(CCC[N+]2(CCCc3ccc(C(=O)NCCC(=O)O)cc3)CCCC(CC(=O)c3nc(Cl)c(N)nc3N)C2)cc1.[Cl-]. The first-order chi connectivity index (χ1) is 22.1. The van der Waals surface area contributed by atoms with Gasteiger partial charge in [0.25, 0.3) is 5.91 Å². The van der Waals surface area contributed by atoms with Crippen molar-refractivity contribution >= 4 is 40.9 Å². The highest BCUT2D eigenvalue weighted by Gasteiger charge is 2.36. The maximum Gasteiger partial charge on any atom is 0.305 e. The number of aromatic nitrogens is 2. The number of hydrogen-bond acceptors (Lipinski definition) is 8. The quantitative estimate of drug-likeness (QED) is 0.129. The molecule has 2 heterocycles. The number of Topliss-reactive ketones (excluding diaryl/α,β-unsaturated/α-hetero) is 1. The van der Waals surface area contributed by atoms with Gasteiger partial charge in [-0.1, -0.05) is 35.9 Å². The van der Waals surface area contributed by atoms with E-state index in [0.717, 1.165) is 80.5 Å². The monoisotopic (exact) mass is 686 g/mol. The van der Waals surface area contributed by atoms with Crippen LogP contribution in [0.15, 0.2) is 48.5 Å². The number of rotatable bonds is 16. The number of carboxylic acid groups (broad SMARTS) is 1. The lowest BCUT2D eigenvalue weighted by Crippen LogP contribution is -3.00. The van der Waals surface area contributed by atoms with Gasteiger partial charge in [-0.2, -0.15) is 0 Å². The third-order valence-electron chi connectivity index (χ3n) is 8.73. The number of quaternary nitrogens is 1. The van der Waals surface area contributed by atoms with Gasteiger partial charge in [0.05, 0.1) is 39.7 Å². The molecule has 0 bridgehead atoms. The number of aliphatic carboxylic acids is 1. The van der Waals surface area contributed by atoms with Crippen LogP contribution in [0.3, 0.4) is 0 Å². The molecule has 1 saturated heterocycles. The van der Waals surface area contributed by atoms with Gasteiger partial charge >= 0.3 is 5.97 Å². The molecule has 1 aliphatic rings. The molecule has 254 valence electrons. The van der Waals surface area contributed by atoms with E-state index in [4.69, 9.17) is 32.9 Å². The minimum absolute atomic E-state index is 0. The molecule has 0 aliphatic carbocycles. The first-order valence-corrected chi connectivity index (χ1v) is 16.1. The summed E-state index contributed by atoms with van der Waals surface area (Å²) in [5.74, 6) is -0.358. The molecule has 1 aromatic heterocycles. The van der Waals surface area contributed by atoms with E-state index in [-0.39, 0.29) is 65.5 Å². The number of halogens is 2. The van der Waals surface area contributed by atoms with Crippen LogP contribution < -0.4 is 33.9 Å². The highest BCUT2D eigenvalue weighted by atomic mass is 35.5. The van der Waals surface area contributed by atoms with Gasteiger partial charge < -0.3 is 43.5 Å². The normalized spacial score (nSPS) is 17.4. The Morgan fingerprint density at radius 3 is 2.19 bits per heavy atom. The second kappa shape index (κ2) is 17.8. The van der Waals surface area contributed by atoms with Crippen molar-refractivity contribution in [2.24, 2.45) is 5.92 Å². The number of likely N-dealkylation sites (tertiary alicyclic amines) is 1. The lowest BCUT2D eigenvalue weighted by molar-refractivity contribution is -0.936. The zero-order valence-electron chi connectivity index (χ0n) is 26.7. The predicted molar refractivity (Wildman–Crippen MR) is 178 cm³/mol. The molecule has 0 spiro atoms. The second-order valence-corrected chi connectivity index (χ2v) is 12.5. The molecule has 3 aromatic rings. The van der Waals surface area contributed by atoms with Crippen LogP contribution in [0.4, 0.5) is 11.6 Å². The van der Waals surface area contributed by atoms with Gasteiger partial charge in [0.1, 0.15) is 11.4 Å². The second-order valence-electron chi connectivity index (χ2n) is 12.1. The summed E-state index contributed by atoms with van der Waals surface area (Å²) in [6, 6.07) is 15.7. The summed E-state index contributed by atoms with van der Waals surface area (Å²) in [5.41, 5.74) is 14.7. The molecule has 6 N–H and O–H groups in total. The third kappa shape index (κ3) is 11.1. The molecule has 0 saturated carbocycles. The van der Waals surface area contributed by atoms with Gasteiger partial charge in [0.2, 0.25) is 0 Å². The third-order valence-corrected chi connectivity index (χ3v) is 9.01. The zero-order chi connectivity index (χ0) is 33.1. The minimum Gasteiger partial charge on any atom is -1.00 e. The van der Waals surface area contributed by atoms with Crippen LogP contribution in [0.2, 0.25) is 5.15 Å². The number of piperidine rings is 1. The molecule has 2 atom stereocenters. The molecule has 2 aromatic carbocycles. The maximum atomic E-state index is 13.3. The fourth-order valence-electron chi connectivity index (χ4n) is 6.37. The fraction of sp³-hybridized carbons (Fsp3) is 0.441. The van der Waals surface area contributed by atoms with Crippen molar-refractivity contribution in [3.05, 3.63) is 76.1 Å². The number of nitrogen functional groups attached to an aromatic ring is 2. The van der Waals surface area contributed by atoms with Crippen LogP contribution in [-0.4, -0.2) is 77.1 Å². The highest BCUT2D eigenvalue weighted by molar-refractivity contribution is 6.31. The highest BCUT2D eigenvalue weighted by Crippen LogP contribution is 2.30. The maximum absolute atomic E-state index is 13.3. The Morgan fingerprint density at radius 2 is 1.60 bits per heavy atom. The van der Waals surface area contributed by atoms with Crippen molar-refractivity contribution < 1.29 is 41.1 Å². The van der Waals surface area contributed by atoms with E-state index >= 15 is 0 Å². The first kappa shape index (κ1) is 37.5. The molecule has 2 unspecified atom stereocenters. The van der Waals surface area contributed by atoms with Crippen molar-refractivity contribution in [1.82, 2.24) is 15.3 Å². The summed E-state index contributed by atoms with van der Waals surface area (Å²) in [7, 11) is 1.67. The standard InChI is InChI=1S/C34H43ClN6O5.ClH/c1-46-27-14-10-24(11-15-27)6-3-19-41(18-2-5-23-8-12-26(13-9-23)34(45)38-17-16-29(43)44)20-4-7-25(22-41)21-28(42)30-32(36)40-33(37)31(35)39-30;/h8-15,25H,2-7,16-22H2,1H3,(H5-,36,37,38,40,42,43,44,45);1H. The Bertz CT molecular complexity index is 1510. The summed E-state index contributed by atoms with van der Waals surface area (Å²) in [6.45, 7) is 4.01. The van der Waals surface area contributed by atoms with Gasteiger partial charge in [-0.25, -0.2) is 9.97 Å². The number of hydrogen-bond donors (Lipinski definition) is 4. The number of nitrogens with two attached hydrogens (primary N) is 2. The van der Waals surface area contributed by atoms with Gasteiger partial charge in [0.15, 0.2) is 22.6 Å². The molecule has 13 heteroatoms. The number of carbonyl (C=O) groups excluding carboxylic acids is 2. The van der Waals surface area contributed by atoms with E-state index in [0.29, 0.717) is 12.0 Å². The number of carboxylic acids is 1. The minimum atomic E-state index is -0.950. The van der Waals surface area contributed by atoms with E-state index < -0.39 is 5.97 Å².